The summed E-state index contributed by atoms with van der Waals surface area (Å²) >= 11 is 0. The molecule has 0 aliphatic heterocycles. The first-order chi connectivity index (χ1) is 9.61. The number of aromatic nitrogens is 2. The molecule has 0 radical (unpaired) electrons. The summed E-state index contributed by atoms with van der Waals surface area (Å²) in [7, 11) is 2.01. The van der Waals surface area contributed by atoms with Crippen LogP contribution in [-0.4, -0.2) is 22.4 Å². The second kappa shape index (κ2) is 6.75. The zero-order chi connectivity index (χ0) is 14.5. The first-order valence-electron chi connectivity index (χ1n) is 7.35. The van der Waals surface area contributed by atoms with E-state index in [1.54, 1.807) is 6.26 Å². The van der Waals surface area contributed by atoms with Crippen molar-refractivity contribution in [2.75, 3.05) is 6.54 Å². The van der Waals surface area contributed by atoms with Crippen LogP contribution in [0.2, 0.25) is 0 Å². The molecule has 1 unspecified atom stereocenters. The Morgan fingerprint density at radius 3 is 2.70 bits per heavy atom. The minimum atomic E-state index is 0.425. The standard InChI is InChI=1S/C16H25N3O/c1-5-7-17-15(9-14-6-8-20-11-14)10-16-12(2)18-19(4)13(16)3/h6,8,11,15,17H,5,7,9-10H2,1-4H3. The lowest BCUT2D eigenvalue weighted by Crippen LogP contribution is -2.34. The Balaban J connectivity index is 2.10. The van der Waals surface area contributed by atoms with Crippen LogP contribution in [0.4, 0.5) is 0 Å². The molecule has 2 heterocycles. The minimum absolute atomic E-state index is 0.425. The molecule has 0 spiro atoms. The molecule has 2 rings (SSSR count). The predicted octanol–water partition coefficient (Wildman–Crippen LogP) is 2.78. The van der Waals surface area contributed by atoms with Crippen LogP contribution in [0.15, 0.2) is 23.0 Å². The molecular weight excluding hydrogens is 250 g/mol. The molecule has 0 fully saturated rings. The Morgan fingerprint density at radius 2 is 2.15 bits per heavy atom. The van der Waals surface area contributed by atoms with E-state index in [2.05, 4.69) is 31.2 Å². The molecule has 0 amide bonds. The van der Waals surface area contributed by atoms with Gasteiger partial charge in [-0.1, -0.05) is 6.92 Å². The van der Waals surface area contributed by atoms with E-state index < -0.39 is 0 Å². The van der Waals surface area contributed by atoms with Gasteiger partial charge in [-0.25, -0.2) is 0 Å². The van der Waals surface area contributed by atoms with Gasteiger partial charge in [-0.2, -0.15) is 5.10 Å². The molecule has 0 saturated carbocycles. The second-order valence-electron chi connectivity index (χ2n) is 5.46. The minimum Gasteiger partial charge on any atom is -0.472 e. The summed E-state index contributed by atoms with van der Waals surface area (Å²) in [5.41, 5.74) is 5.01. The molecule has 110 valence electrons. The SMILES string of the molecule is CCCNC(Cc1ccoc1)Cc1c(C)nn(C)c1C. The molecule has 1 atom stereocenters. The van der Waals surface area contributed by atoms with Gasteiger partial charge in [-0.3, -0.25) is 4.68 Å². The van der Waals surface area contributed by atoms with Crippen molar-refractivity contribution in [1.29, 1.82) is 0 Å². The highest BCUT2D eigenvalue weighted by molar-refractivity contribution is 5.26. The molecule has 0 saturated heterocycles. The second-order valence-corrected chi connectivity index (χ2v) is 5.46. The van der Waals surface area contributed by atoms with Crippen molar-refractivity contribution in [3.8, 4) is 0 Å². The summed E-state index contributed by atoms with van der Waals surface area (Å²) in [5, 5.41) is 8.15. The van der Waals surface area contributed by atoms with Crippen LogP contribution in [0, 0.1) is 13.8 Å². The molecular formula is C16H25N3O. The van der Waals surface area contributed by atoms with E-state index in [0.29, 0.717) is 6.04 Å². The molecule has 4 heteroatoms. The van der Waals surface area contributed by atoms with Gasteiger partial charge in [0.1, 0.15) is 0 Å². The average molecular weight is 275 g/mol. The van der Waals surface area contributed by atoms with Gasteiger partial charge in [0.05, 0.1) is 18.2 Å². The van der Waals surface area contributed by atoms with Gasteiger partial charge >= 0.3 is 0 Å². The molecule has 1 N–H and O–H groups in total. The number of hydrogen-bond donors (Lipinski definition) is 1. The van der Waals surface area contributed by atoms with E-state index in [0.717, 1.165) is 31.5 Å². The fraction of sp³-hybridized carbons (Fsp3) is 0.562. The van der Waals surface area contributed by atoms with Crippen LogP contribution < -0.4 is 5.32 Å². The molecule has 20 heavy (non-hydrogen) atoms. The zero-order valence-electron chi connectivity index (χ0n) is 12.9. The van der Waals surface area contributed by atoms with Gasteiger partial charge in [0.25, 0.3) is 0 Å². The monoisotopic (exact) mass is 275 g/mol. The number of furan rings is 1. The van der Waals surface area contributed by atoms with Crippen molar-refractivity contribution in [3.05, 3.63) is 41.1 Å². The molecule has 0 aliphatic rings. The molecule has 0 bridgehead atoms. The number of aryl methyl sites for hydroxylation is 2. The van der Waals surface area contributed by atoms with Crippen molar-refractivity contribution in [3.63, 3.8) is 0 Å². The van der Waals surface area contributed by atoms with Crippen LogP contribution in [0.5, 0.6) is 0 Å². The van der Waals surface area contributed by atoms with E-state index in [9.17, 15) is 0 Å². The van der Waals surface area contributed by atoms with Crippen LogP contribution in [-0.2, 0) is 19.9 Å². The summed E-state index contributed by atoms with van der Waals surface area (Å²) < 4.78 is 7.15. The third-order valence-corrected chi connectivity index (χ3v) is 3.85. The van der Waals surface area contributed by atoms with Crippen LogP contribution in [0.3, 0.4) is 0 Å². The van der Waals surface area contributed by atoms with Crippen molar-refractivity contribution in [2.45, 2.75) is 46.1 Å². The van der Waals surface area contributed by atoms with E-state index >= 15 is 0 Å². The Hall–Kier alpha value is -1.55. The topological polar surface area (TPSA) is 43.0 Å². The van der Waals surface area contributed by atoms with E-state index in [-0.39, 0.29) is 0 Å². The Kier molecular flexibility index (Phi) is 5.01. The third-order valence-electron chi connectivity index (χ3n) is 3.85. The average Bonchev–Trinajstić information content (AvgIpc) is 3.00. The fourth-order valence-electron chi connectivity index (χ4n) is 2.62. The highest BCUT2D eigenvalue weighted by Crippen LogP contribution is 2.16. The molecule has 2 aromatic rings. The first-order valence-corrected chi connectivity index (χ1v) is 7.35. The summed E-state index contributed by atoms with van der Waals surface area (Å²) in [6, 6.07) is 2.47. The lowest BCUT2D eigenvalue weighted by atomic mass is 9.99. The normalized spacial score (nSPS) is 12.8. The van der Waals surface area contributed by atoms with Gasteiger partial charge in [-0.15, -0.1) is 0 Å². The highest BCUT2D eigenvalue weighted by Gasteiger charge is 2.16. The first kappa shape index (κ1) is 14.9. The predicted molar refractivity (Wildman–Crippen MR) is 80.9 cm³/mol. The van der Waals surface area contributed by atoms with Crippen molar-refractivity contribution in [2.24, 2.45) is 7.05 Å². The van der Waals surface area contributed by atoms with Crippen LogP contribution in [0.1, 0.15) is 35.9 Å². The molecule has 4 nitrogen and oxygen atoms in total. The van der Waals surface area contributed by atoms with E-state index in [1.165, 1.54) is 16.8 Å². The smallest absolute Gasteiger partial charge is 0.0935 e. The van der Waals surface area contributed by atoms with Gasteiger partial charge in [0.2, 0.25) is 0 Å². The summed E-state index contributed by atoms with van der Waals surface area (Å²) in [4.78, 5) is 0. The Labute approximate surface area is 121 Å². The molecule has 2 aromatic heterocycles. The van der Waals surface area contributed by atoms with Crippen LogP contribution >= 0.6 is 0 Å². The van der Waals surface area contributed by atoms with Crippen molar-refractivity contribution < 1.29 is 4.42 Å². The lowest BCUT2D eigenvalue weighted by molar-refractivity contribution is 0.498. The molecule has 0 aromatic carbocycles. The van der Waals surface area contributed by atoms with E-state index in [1.807, 2.05) is 24.1 Å². The highest BCUT2D eigenvalue weighted by atomic mass is 16.3. The maximum Gasteiger partial charge on any atom is 0.0935 e. The van der Waals surface area contributed by atoms with Gasteiger partial charge < -0.3 is 9.73 Å². The fourth-order valence-corrected chi connectivity index (χ4v) is 2.62. The zero-order valence-corrected chi connectivity index (χ0v) is 12.9. The molecule has 0 aliphatic carbocycles. The maximum atomic E-state index is 5.18. The summed E-state index contributed by atoms with van der Waals surface area (Å²) in [6.07, 6.45) is 6.73. The lowest BCUT2D eigenvalue weighted by Gasteiger charge is -2.18. The Bertz CT molecular complexity index is 528. The summed E-state index contributed by atoms with van der Waals surface area (Å²) in [5.74, 6) is 0. The van der Waals surface area contributed by atoms with Gasteiger partial charge in [0.15, 0.2) is 0 Å². The number of rotatable bonds is 7. The number of nitrogens with zero attached hydrogens (tertiary/aromatic N) is 2. The van der Waals surface area contributed by atoms with Gasteiger partial charge in [-0.05, 0) is 56.8 Å². The maximum absolute atomic E-state index is 5.18. The summed E-state index contributed by atoms with van der Waals surface area (Å²) in [6.45, 7) is 7.48. The number of nitrogens with one attached hydrogen (secondary N) is 1. The van der Waals surface area contributed by atoms with Crippen molar-refractivity contribution >= 4 is 0 Å². The third kappa shape index (κ3) is 3.51. The van der Waals surface area contributed by atoms with Crippen LogP contribution in [0.25, 0.3) is 0 Å². The number of hydrogen-bond acceptors (Lipinski definition) is 3. The quantitative estimate of drug-likeness (QED) is 0.845. The van der Waals surface area contributed by atoms with Crippen molar-refractivity contribution in [1.82, 2.24) is 15.1 Å². The largest absolute Gasteiger partial charge is 0.472 e. The Morgan fingerprint density at radius 1 is 1.35 bits per heavy atom. The van der Waals surface area contributed by atoms with E-state index in [4.69, 9.17) is 4.42 Å². The van der Waals surface area contributed by atoms with Gasteiger partial charge in [0, 0.05) is 18.8 Å².